The Kier molecular flexibility index (Phi) is 7.35. The van der Waals surface area contributed by atoms with Crippen LogP contribution in [-0.4, -0.2) is 23.8 Å². The molecule has 186 valence electrons. The highest BCUT2D eigenvalue weighted by atomic mass is 16.5. The van der Waals surface area contributed by atoms with Crippen molar-refractivity contribution in [1.82, 2.24) is 0 Å². The number of fused-ring (bicyclic) bond motifs is 1. The van der Waals surface area contributed by atoms with Crippen LogP contribution < -0.4 is 10.5 Å². The first kappa shape index (κ1) is 24.1. The number of nitrogens with two attached hydrogens (primary N) is 1. The molecule has 0 radical (unpaired) electrons. The van der Waals surface area contributed by atoms with Gasteiger partial charge in [-0.3, -0.25) is 4.79 Å². The van der Waals surface area contributed by atoms with E-state index in [1.807, 2.05) is 24.3 Å². The van der Waals surface area contributed by atoms with Crippen LogP contribution in [0.3, 0.4) is 0 Å². The fraction of sp³-hybridized carbons (Fsp3) is 0.300. The summed E-state index contributed by atoms with van der Waals surface area (Å²) in [6.45, 7) is 1.61. The number of furan rings is 1. The van der Waals surface area contributed by atoms with Gasteiger partial charge < -0.3 is 24.7 Å². The van der Waals surface area contributed by atoms with Crippen LogP contribution in [0.25, 0.3) is 22.1 Å². The van der Waals surface area contributed by atoms with Crippen molar-refractivity contribution < 1.29 is 23.8 Å². The van der Waals surface area contributed by atoms with Gasteiger partial charge in [0.25, 0.3) is 0 Å². The van der Waals surface area contributed by atoms with Crippen LogP contribution in [0.15, 0.2) is 71.3 Å². The van der Waals surface area contributed by atoms with Crippen molar-refractivity contribution in [2.75, 3.05) is 6.61 Å². The fourth-order valence-corrected chi connectivity index (χ4v) is 4.90. The summed E-state index contributed by atoms with van der Waals surface area (Å²) in [6, 6.07) is 19.9. The monoisotopic (exact) mass is 485 g/mol. The van der Waals surface area contributed by atoms with E-state index in [4.69, 9.17) is 19.6 Å². The number of ether oxygens (including phenoxy) is 2. The van der Waals surface area contributed by atoms with Crippen LogP contribution in [0.5, 0.6) is 5.75 Å². The van der Waals surface area contributed by atoms with E-state index in [1.54, 1.807) is 18.4 Å². The molecule has 1 aliphatic rings. The van der Waals surface area contributed by atoms with Gasteiger partial charge in [-0.15, -0.1) is 0 Å². The van der Waals surface area contributed by atoms with Crippen molar-refractivity contribution in [2.24, 2.45) is 5.73 Å². The molecular formula is C30H31NO5. The zero-order valence-corrected chi connectivity index (χ0v) is 20.2. The highest BCUT2D eigenvalue weighted by Gasteiger charge is 2.19. The molecule has 0 bridgehead atoms. The summed E-state index contributed by atoms with van der Waals surface area (Å²) in [7, 11) is 0. The first-order chi connectivity index (χ1) is 17.6. The van der Waals surface area contributed by atoms with Gasteiger partial charge in [0.05, 0.1) is 18.8 Å². The van der Waals surface area contributed by atoms with Gasteiger partial charge in [-0.05, 0) is 72.2 Å². The summed E-state index contributed by atoms with van der Waals surface area (Å²) < 4.78 is 18.0. The largest absolute Gasteiger partial charge is 0.488 e. The molecule has 0 amide bonds. The standard InChI is InChI=1S/C30H31NO5/c31-17-20-5-3-7-21(13-20)24-14-23(10-11-26-8-4-12-34-26)30-27(15-24)25(19-36-30)18-35-28-9-2-1-6-22(28)16-29(32)33/h1-3,5-7,9,13-15,19,26H,4,8,10-12,16-18,31H2,(H,32,33)/t26-/m1/s1. The normalized spacial score (nSPS) is 15.4. The van der Waals surface area contributed by atoms with Crippen molar-refractivity contribution in [2.45, 2.75) is 51.4 Å². The Labute approximate surface area is 210 Å². The molecular weight excluding hydrogens is 454 g/mol. The zero-order chi connectivity index (χ0) is 24.9. The van der Waals surface area contributed by atoms with Gasteiger partial charge in [0.15, 0.2) is 0 Å². The second-order valence-electron chi connectivity index (χ2n) is 9.32. The first-order valence-corrected chi connectivity index (χ1v) is 12.5. The van der Waals surface area contributed by atoms with Gasteiger partial charge in [-0.25, -0.2) is 0 Å². The maximum atomic E-state index is 11.3. The highest BCUT2D eigenvalue weighted by Crippen LogP contribution is 2.34. The molecule has 0 spiro atoms. The Hall–Kier alpha value is -3.61. The van der Waals surface area contributed by atoms with E-state index in [1.165, 1.54) is 0 Å². The van der Waals surface area contributed by atoms with Gasteiger partial charge in [-0.1, -0.05) is 36.4 Å². The van der Waals surface area contributed by atoms with Gasteiger partial charge in [0.2, 0.25) is 0 Å². The number of aryl methyl sites for hydroxylation is 1. The van der Waals surface area contributed by atoms with Gasteiger partial charge in [0.1, 0.15) is 17.9 Å². The maximum Gasteiger partial charge on any atom is 0.307 e. The van der Waals surface area contributed by atoms with E-state index in [0.717, 1.165) is 71.1 Å². The van der Waals surface area contributed by atoms with E-state index < -0.39 is 5.97 Å². The smallest absolute Gasteiger partial charge is 0.307 e. The Morgan fingerprint density at radius 1 is 1.03 bits per heavy atom. The van der Waals surface area contributed by atoms with Gasteiger partial charge in [0, 0.05) is 29.7 Å². The second kappa shape index (κ2) is 11.0. The predicted octanol–water partition coefficient (Wildman–Crippen LogP) is 5.88. The number of carbonyl (C=O) groups is 1. The number of hydrogen-bond acceptors (Lipinski definition) is 5. The van der Waals surface area contributed by atoms with E-state index in [-0.39, 0.29) is 13.0 Å². The van der Waals surface area contributed by atoms with Crippen LogP contribution in [0, 0.1) is 0 Å². The van der Waals surface area contributed by atoms with Crippen molar-refractivity contribution in [3.05, 3.63) is 89.2 Å². The molecule has 6 heteroatoms. The third-order valence-corrected chi connectivity index (χ3v) is 6.78. The molecule has 36 heavy (non-hydrogen) atoms. The summed E-state index contributed by atoms with van der Waals surface area (Å²) in [4.78, 5) is 11.3. The number of carboxylic acid groups (broad SMARTS) is 1. The van der Waals surface area contributed by atoms with Crippen LogP contribution >= 0.6 is 0 Å². The quantitative estimate of drug-likeness (QED) is 0.291. The van der Waals surface area contributed by atoms with Crippen molar-refractivity contribution >= 4 is 16.9 Å². The Morgan fingerprint density at radius 2 is 1.92 bits per heavy atom. The maximum absolute atomic E-state index is 11.3. The summed E-state index contributed by atoms with van der Waals surface area (Å²) in [6.07, 6.45) is 6.01. The lowest BCUT2D eigenvalue weighted by atomic mass is 9.95. The second-order valence-corrected chi connectivity index (χ2v) is 9.32. The molecule has 1 aliphatic heterocycles. The SMILES string of the molecule is NCc1cccc(-c2cc(CC[C@H]3CCCO3)c3occ(COc4ccccc4CC(=O)O)c3c2)c1. The third-order valence-electron chi connectivity index (χ3n) is 6.78. The Morgan fingerprint density at radius 3 is 2.72 bits per heavy atom. The molecule has 3 N–H and O–H groups in total. The first-order valence-electron chi connectivity index (χ1n) is 12.5. The van der Waals surface area contributed by atoms with Crippen molar-refractivity contribution in [3.63, 3.8) is 0 Å². The minimum absolute atomic E-state index is 0.0860. The third kappa shape index (κ3) is 5.45. The van der Waals surface area contributed by atoms with Crippen LogP contribution in [0.1, 0.15) is 41.5 Å². The molecule has 1 fully saturated rings. The number of carboxylic acids is 1. The lowest BCUT2D eigenvalue weighted by molar-refractivity contribution is -0.136. The van der Waals surface area contributed by atoms with E-state index >= 15 is 0 Å². The van der Waals surface area contributed by atoms with E-state index in [9.17, 15) is 9.90 Å². The molecule has 0 saturated carbocycles. The Balaban J connectivity index is 1.48. The molecule has 3 aromatic carbocycles. The number of para-hydroxylation sites is 1. The molecule has 1 atom stereocenters. The van der Waals surface area contributed by atoms with Crippen LogP contribution in [0.2, 0.25) is 0 Å². The molecule has 1 aromatic heterocycles. The molecule has 2 heterocycles. The average molecular weight is 486 g/mol. The van der Waals surface area contributed by atoms with Gasteiger partial charge in [-0.2, -0.15) is 0 Å². The molecule has 1 saturated heterocycles. The average Bonchev–Trinajstić information content (AvgIpc) is 3.56. The van der Waals surface area contributed by atoms with Crippen molar-refractivity contribution in [1.29, 1.82) is 0 Å². The molecule has 6 nitrogen and oxygen atoms in total. The van der Waals surface area contributed by atoms with Gasteiger partial charge >= 0.3 is 5.97 Å². The van der Waals surface area contributed by atoms with Crippen molar-refractivity contribution in [3.8, 4) is 16.9 Å². The van der Waals surface area contributed by atoms with Crippen LogP contribution in [-0.2, 0) is 35.5 Å². The highest BCUT2D eigenvalue weighted by molar-refractivity contribution is 5.89. The summed E-state index contributed by atoms with van der Waals surface area (Å²) >= 11 is 0. The number of rotatable bonds is 10. The fourth-order valence-electron chi connectivity index (χ4n) is 4.90. The minimum atomic E-state index is -0.889. The lowest BCUT2D eigenvalue weighted by Gasteiger charge is -2.12. The molecule has 0 aliphatic carbocycles. The number of benzene rings is 3. The van der Waals surface area contributed by atoms with E-state index in [2.05, 4.69) is 24.3 Å². The molecule has 0 unspecified atom stereocenters. The number of hydrogen-bond donors (Lipinski definition) is 2. The zero-order valence-electron chi connectivity index (χ0n) is 20.2. The van der Waals surface area contributed by atoms with Crippen LogP contribution in [0.4, 0.5) is 0 Å². The van der Waals surface area contributed by atoms with E-state index in [0.29, 0.717) is 24.0 Å². The summed E-state index contributed by atoms with van der Waals surface area (Å²) in [5, 5.41) is 10.2. The lowest BCUT2D eigenvalue weighted by Crippen LogP contribution is -2.06. The topological polar surface area (TPSA) is 94.9 Å². The summed E-state index contributed by atoms with van der Waals surface area (Å²) in [5.74, 6) is -0.320. The molecule has 4 aromatic rings. The predicted molar refractivity (Wildman–Crippen MR) is 139 cm³/mol. The Bertz CT molecular complexity index is 1350. The summed E-state index contributed by atoms with van der Waals surface area (Å²) in [5.41, 5.74) is 12.8. The number of aliphatic carboxylic acids is 1. The minimum Gasteiger partial charge on any atom is -0.488 e. The molecule has 5 rings (SSSR count).